The van der Waals surface area contributed by atoms with Gasteiger partial charge in [0.05, 0.1) is 0 Å². The van der Waals surface area contributed by atoms with Crippen LogP contribution in [0.4, 0.5) is 0 Å². The van der Waals surface area contributed by atoms with E-state index in [2.05, 4.69) is 167 Å². The fourth-order valence-corrected chi connectivity index (χ4v) is 6.72. The molecular weight excluding hydrogens is 853 g/mol. The third-order valence-electron chi connectivity index (χ3n) is 10.8. The van der Waals surface area contributed by atoms with Gasteiger partial charge in [-0.1, -0.05) is 212 Å². The van der Waals surface area contributed by atoms with Crippen molar-refractivity contribution in [2.24, 2.45) is 0 Å². The standard InChI is InChI=1S/C63H98O6/c1-4-7-10-13-16-19-22-25-28-31-34-37-40-43-46-49-52-55-61(64)67-58-60(69-63(66)57-54-51-48-45-42-39-36-33-30-27-24-21-18-15-12-9-6-3)59-68-62(65)56-53-50-47-44-41-38-35-32-29-26-23-20-17-14-11-8-5-2/h9,12,16,18-19,21,25-30,34-39,43-48,60H,4-8,10-11,13-15,17,20,22-24,31-33,40-42,49-59H2,1-3H3/b12-9-,19-16-,21-18-,28-25-,29-26-,30-27-,37-34-,38-35-,39-36-,46-43-,47-44-,48-45-/t60-/m1/s1. The summed E-state index contributed by atoms with van der Waals surface area (Å²) in [6.45, 7) is 6.33. The first-order valence-electron chi connectivity index (χ1n) is 27.3. The monoisotopic (exact) mass is 951 g/mol. The van der Waals surface area contributed by atoms with Gasteiger partial charge in [-0.15, -0.1) is 0 Å². The average molecular weight is 951 g/mol. The van der Waals surface area contributed by atoms with Crippen LogP contribution in [0.1, 0.15) is 213 Å². The molecule has 0 aliphatic rings. The van der Waals surface area contributed by atoms with Crippen LogP contribution in [-0.2, 0) is 28.6 Å². The van der Waals surface area contributed by atoms with E-state index in [1.54, 1.807) is 0 Å². The number of hydrogen-bond acceptors (Lipinski definition) is 6. The number of ether oxygens (including phenoxy) is 3. The number of rotatable bonds is 47. The van der Waals surface area contributed by atoms with Crippen molar-refractivity contribution in [3.63, 3.8) is 0 Å². The minimum Gasteiger partial charge on any atom is -0.462 e. The molecule has 0 aromatic rings. The predicted molar refractivity (Wildman–Crippen MR) is 297 cm³/mol. The molecular formula is C63H98O6. The Kier molecular flexibility index (Phi) is 52.1. The topological polar surface area (TPSA) is 78.9 Å². The second-order valence-electron chi connectivity index (χ2n) is 17.4. The summed E-state index contributed by atoms with van der Waals surface area (Å²) in [5, 5.41) is 0. The minimum absolute atomic E-state index is 0.150. The van der Waals surface area contributed by atoms with Gasteiger partial charge in [-0.3, -0.25) is 14.4 Å². The van der Waals surface area contributed by atoms with Gasteiger partial charge in [0.1, 0.15) is 13.2 Å². The van der Waals surface area contributed by atoms with Gasteiger partial charge in [-0.2, -0.15) is 0 Å². The smallest absolute Gasteiger partial charge is 0.306 e. The number of carbonyl (C=O) groups excluding carboxylic acids is 3. The molecule has 1 atom stereocenters. The third-order valence-corrected chi connectivity index (χ3v) is 10.8. The van der Waals surface area contributed by atoms with Crippen LogP contribution in [0.3, 0.4) is 0 Å². The van der Waals surface area contributed by atoms with Gasteiger partial charge in [0.2, 0.25) is 0 Å². The Morgan fingerprint density at radius 1 is 0.304 bits per heavy atom. The first-order chi connectivity index (χ1) is 34.0. The van der Waals surface area contributed by atoms with Crippen LogP contribution >= 0.6 is 0 Å². The maximum absolute atomic E-state index is 12.8. The van der Waals surface area contributed by atoms with E-state index in [0.717, 1.165) is 83.5 Å². The van der Waals surface area contributed by atoms with E-state index in [1.165, 1.54) is 70.6 Å². The number of unbranched alkanes of at least 4 members (excludes halogenated alkanes) is 12. The number of allylic oxidation sites excluding steroid dienone is 24. The fourth-order valence-electron chi connectivity index (χ4n) is 6.72. The molecule has 6 nitrogen and oxygen atoms in total. The lowest BCUT2D eigenvalue weighted by Crippen LogP contribution is -2.30. The molecule has 0 unspecified atom stereocenters. The number of carbonyl (C=O) groups is 3. The quantitative estimate of drug-likeness (QED) is 0.0262. The van der Waals surface area contributed by atoms with Crippen LogP contribution in [0.5, 0.6) is 0 Å². The molecule has 0 bridgehead atoms. The molecule has 0 aromatic carbocycles. The molecule has 69 heavy (non-hydrogen) atoms. The van der Waals surface area contributed by atoms with Crippen LogP contribution in [0.2, 0.25) is 0 Å². The molecule has 6 heteroatoms. The van der Waals surface area contributed by atoms with Crippen molar-refractivity contribution in [3.8, 4) is 0 Å². The van der Waals surface area contributed by atoms with E-state index in [1.807, 2.05) is 0 Å². The van der Waals surface area contributed by atoms with Crippen molar-refractivity contribution in [1.82, 2.24) is 0 Å². The lowest BCUT2D eigenvalue weighted by Gasteiger charge is -2.18. The summed E-state index contributed by atoms with van der Waals surface area (Å²) in [7, 11) is 0. The summed E-state index contributed by atoms with van der Waals surface area (Å²) in [5.74, 6) is -1.12. The average Bonchev–Trinajstić information content (AvgIpc) is 3.35. The van der Waals surface area contributed by atoms with Gasteiger partial charge in [0.15, 0.2) is 6.10 Å². The predicted octanol–water partition coefficient (Wildman–Crippen LogP) is 18.4. The van der Waals surface area contributed by atoms with E-state index < -0.39 is 12.1 Å². The van der Waals surface area contributed by atoms with E-state index in [4.69, 9.17) is 14.2 Å². The van der Waals surface area contributed by atoms with E-state index in [0.29, 0.717) is 19.3 Å². The SMILES string of the molecule is CC/C=C\C/C=C\C/C=C\C/C=C\C/C=C\CCCC(=O)O[C@H](COC(=O)CCC/C=C\C/C=C\C/C=C\C/C=C\CCCCC)COC(=O)CCC/C=C\C/C=C\C/C=C\CCCCCCCC. The van der Waals surface area contributed by atoms with Gasteiger partial charge >= 0.3 is 17.9 Å². The second-order valence-corrected chi connectivity index (χ2v) is 17.4. The molecule has 0 aliphatic carbocycles. The minimum atomic E-state index is -0.857. The summed E-state index contributed by atoms with van der Waals surface area (Å²) < 4.78 is 16.7. The van der Waals surface area contributed by atoms with E-state index in [-0.39, 0.29) is 44.4 Å². The highest BCUT2D eigenvalue weighted by atomic mass is 16.6. The van der Waals surface area contributed by atoms with Gasteiger partial charge in [-0.05, 0) is 128 Å². The van der Waals surface area contributed by atoms with Crippen molar-refractivity contribution < 1.29 is 28.6 Å². The zero-order valence-electron chi connectivity index (χ0n) is 44.0. The largest absolute Gasteiger partial charge is 0.462 e. The molecule has 0 rings (SSSR count). The molecule has 0 amide bonds. The molecule has 386 valence electrons. The molecule has 0 aliphatic heterocycles. The Bertz CT molecular complexity index is 1560. The first kappa shape index (κ1) is 64.3. The maximum atomic E-state index is 12.8. The molecule has 0 heterocycles. The molecule has 0 aromatic heterocycles. The second kappa shape index (κ2) is 55.9. The molecule has 0 N–H and O–H groups in total. The van der Waals surface area contributed by atoms with Gasteiger partial charge in [0.25, 0.3) is 0 Å². The summed E-state index contributed by atoms with van der Waals surface area (Å²) in [5.41, 5.74) is 0. The summed E-state index contributed by atoms with van der Waals surface area (Å²) >= 11 is 0. The Morgan fingerprint density at radius 3 is 0.913 bits per heavy atom. The Morgan fingerprint density at radius 2 is 0.565 bits per heavy atom. The van der Waals surface area contributed by atoms with Crippen molar-refractivity contribution in [2.75, 3.05) is 13.2 Å². The molecule has 0 spiro atoms. The van der Waals surface area contributed by atoms with Crippen LogP contribution in [-0.4, -0.2) is 37.2 Å². The van der Waals surface area contributed by atoms with Crippen LogP contribution in [0, 0.1) is 0 Å². The highest BCUT2D eigenvalue weighted by molar-refractivity contribution is 5.71. The molecule has 0 fully saturated rings. The zero-order valence-corrected chi connectivity index (χ0v) is 44.0. The highest BCUT2D eigenvalue weighted by Crippen LogP contribution is 2.10. The number of esters is 3. The first-order valence-corrected chi connectivity index (χ1v) is 27.3. The molecule has 0 saturated heterocycles. The van der Waals surface area contributed by atoms with Crippen molar-refractivity contribution >= 4 is 17.9 Å². The lowest BCUT2D eigenvalue weighted by atomic mass is 10.1. The van der Waals surface area contributed by atoms with Crippen LogP contribution < -0.4 is 0 Å². The Hall–Kier alpha value is -4.71. The Labute approximate surface area is 423 Å². The summed E-state index contributed by atoms with van der Waals surface area (Å²) in [6, 6.07) is 0. The number of hydrogen-bond donors (Lipinski definition) is 0. The van der Waals surface area contributed by atoms with Gasteiger partial charge in [0, 0.05) is 19.3 Å². The van der Waals surface area contributed by atoms with E-state index >= 15 is 0 Å². The van der Waals surface area contributed by atoms with E-state index in [9.17, 15) is 14.4 Å². The van der Waals surface area contributed by atoms with Crippen molar-refractivity contribution in [1.29, 1.82) is 0 Å². The summed E-state index contributed by atoms with van der Waals surface area (Å²) in [4.78, 5) is 38.0. The summed E-state index contributed by atoms with van der Waals surface area (Å²) in [6.07, 6.45) is 79.9. The van der Waals surface area contributed by atoms with Gasteiger partial charge in [-0.25, -0.2) is 0 Å². The lowest BCUT2D eigenvalue weighted by molar-refractivity contribution is -0.166. The Balaban J connectivity index is 4.67. The van der Waals surface area contributed by atoms with Gasteiger partial charge < -0.3 is 14.2 Å². The third kappa shape index (κ3) is 54.1. The molecule has 0 radical (unpaired) electrons. The maximum Gasteiger partial charge on any atom is 0.306 e. The zero-order chi connectivity index (χ0) is 50.0. The normalized spacial score (nSPS) is 13.3. The highest BCUT2D eigenvalue weighted by Gasteiger charge is 2.19. The van der Waals surface area contributed by atoms with Crippen molar-refractivity contribution in [3.05, 3.63) is 146 Å². The van der Waals surface area contributed by atoms with Crippen LogP contribution in [0.15, 0.2) is 146 Å². The molecule has 0 saturated carbocycles. The van der Waals surface area contributed by atoms with Crippen LogP contribution in [0.25, 0.3) is 0 Å². The van der Waals surface area contributed by atoms with Crippen molar-refractivity contribution in [2.45, 2.75) is 219 Å². The fraction of sp³-hybridized carbons (Fsp3) is 0.571.